The highest BCUT2D eigenvalue weighted by atomic mass is 32.1. The van der Waals surface area contributed by atoms with Gasteiger partial charge in [-0.05, 0) is 19.1 Å². The molecule has 3 rings (SSSR count). The number of amides is 1. The second-order valence-electron chi connectivity index (χ2n) is 5.17. The molecule has 3 heterocycles. The summed E-state index contributed by atoms with van der Waals surface area (Å²) in [4.78, 5) is 21.0. The van der Waals surface area contributed by atoms with E-state index in [9.17, 15) is 4.79 Å². The van der Waals surface area contributed by atoms with Crippen LogP contribution in [-0.2, 0) is 6.42 Å². The van der Waals surface area contributed by atoms with Crippen molar-refractivity contribution < 1.29 is 9.21 Å². The van der Waals surface area contributed by atoms with E-state index in [1.54, 1.807) is 17.4 Å². The second-order valence-corrected chi connectivity index (χ2v) is 6.01. The first-order valence-electron chi connectivity index (χ1n) is 7.22. The lowest BCUT2D eigenvalue weighted by Crippen LogP contribution is -2.48. The molecule has 1 aliphatic rings. The maximum Gasteiger partial charge on any atom is 0.289 e. The first kappa shape index (κ1) is 14.1. The third kappa shape index (κ3) is 2.95. The summed E-state index contributed by atoms with van der Waals surface area (Å²) in [6.07, 6.45) is 0.810. The zero-order valence-electron chi connectivity index (χ0n) is 12.3. The van der Waals surface area contributed by atoms with Gasteiger partial charge in [-0.2, -0.15) is 0 Å². The average molecular weight is 305 g/mol. The van der Waals surface area contributed by atoms with E-state index in [1.165, 1.54) is 0 Å². The zero-order chi connectivity index (χ0) is 14.8. The van der Waals surface area contributed by atoms with Gasteiger partial charge in [0.2, 0.25) is 0 Å². The van der Waals surface area contributed by atoms with Gasteiger partial charge < -0.3 is 14.2 Å². The minimum Gasteiger partial charge on any atom is -0.456 e. The molecule has 1 aliphatic heterocycles. The molecule has 1 fully saturated rings. The third-order valence-electron chi connectivity index (χ3n) is 3.67. The van der Waals surface area contributed by atoms with Crippen LogP contribution >= 0.6 is 11.3 Å². The van der Waals surface area contributed by atoms with Crippen LogP contribution in [-0.4, -0.2) is 42.0 Å². The maximum atomic E-state index is 12.4. The number of aryl methyl sites for hydroxylation is 2. The minimum atomic E-state index is -0.00957. The van der Waals surface area contributed by atoms with E-state index in [4.69, 9.17) is 4.42 Å². The Kier molecular flexibility index (Phi) is 3.96. The predicted molar refractivity (Wildman–Crippen MR) is 83.1 cm³/mol. The van der Waals surface area contributed by atoms with E-state index >= 15 is 0 Å². The Labute approximate surface area is 128 Å². The standard InChI is InChI=1S/C15H19N3O2S/c1-3-12-4-5-13(20-12)14(19)17-6-8-18(9-7-17)15-16-11(2)10-21-15/h4-5,10H,3,6-9H2,1-2H3. The monoisotopic (exact) mass is 305 g/mol. The van der Waals surface area contributed by atoms with Crippen molar-refractivity contribution >= 4 is 22.4 Å². The van der Waals surface area contributed by atoms with Crippen LogP contribution < -0.4 is 4.90 Å². The molecule has 21 heavy (non-hydrogen) atoms. The molecule has 0 unspecified atom stereocenters. The highest BCUT2D eigenvalue weighted by Crippen LogP contribution is 2.22. The fourth-order valence-corrected chi connectivity index (χ4v) is 3.28. The highest BCUT2D eigenvalue weighted by Gasteiger charge is 2.25. The fraction of sp³-hybridized carbons (Fsp3) is 0.467. The SMILES string of the molecule is CCc1ccc(C(=O)N2CCN(c3nc(C)cs3)CC2)o1. The molecule has 0 aromatic carbocycles. The van der Waals surface area contributed by atoms with Crippen LogP contribution in [0.4, 0.5) is 5.13 Å². The van der Waals surface area contributed by atoms with Crippen LogP contribution in [0.5, 0.6) is 0 Å². The summed E-state index contributed by atoms with van der Waals surface area (Å²) >= 11 is 1.66. The molecule has 0 aliphatic carbocycles. The molecule has 112 valence electrons. The molecule has 0 radical (unpaired) electrons. The molecule has 0 atom stereocenters. The van der Waals surface area contributed by atoms with Crippen LogP contribution in [0.25, 0.3) is 0 Å². The lowest BCUT2D eigenvalue weighted by atomic mass is 10.3. The summed E-state index contributed by atoms with van der Waals surface area (Å²) in [5.74, 6) is 1.30. The van der Waals surface area contributed by atoms with Gasteiger partial charge in [-0.15, -0.1) is 11.3 Å². The Bertz CT molecular complexity index is 626. The molecule has 1 amide bonds. The number of piperazine rings is 1. The summed E-state index contributed by atoms with van der Waals surface area (Å²) in [7, 11) is 0. The van der Waals surface area contributed by atoms with Gasteiger partial charge in [-0.3, -0.25) is 4.79 Å². The summed E-state index contributed by atoms with van der Waals surface area (Å²) < 4.78 is 5.55. The number of furan rings is 1. The first-order valence-corrected chi connectivity index (χ1v) is 8.10. The van der Waals surface area contributed by atoms with Crippen LogP contribution in [0.2, 0.25) is 0 Å². The van der Waals surface area contributed by atoms with Crippen molar-refractivity contribution in [3.05, 3.63) is 34.7 Å². The summed E-state index contributed by atoms with van der Waals surface area (Å²) in [6, 6.07) is 3.65. The molecule has 0 spiro atoms. The van der Waals surface area contributed by atoms with Crippen molar-refractivity contribution in [2.75, 3.05) is 31.1 Å². The number of anilines is 1. The molecule has 0 N–H and O–H groups in total. The van der Waals surface area contributed by atoms with Gasteiger partial charge in [-0.25, -0.2) is 4.98 Å². The molecule has 1 saturated heterocycles. The van der Waals surface area contributed by atoms with E-state index in [0.29, 0.717) is 18.8 Å². The number of aromatic nitrogens is 1. The van der Waals surface area contributed by atoms with Gasteiger partial charge in [0.05, 0.1) is 5.69 Å². The summed E-state index contributed by atoms with van der Waals surface area (Å²) in [5.41, 5.74) is 1.05. The lowest BCUT2D eigenvalue weighted by Gasteiger charge is -2.34. The van der Waals surface area contributed by atoms with Crippen molar-refractivity contribution in [1.29, 1.82) is 0 Å². The number of carbonyl (C=O) groups excluding carboxylic acids is 1. The zero-order valence-corrected chi connectivity index (χ0v) is 13.2. The number of hydrogen-bond donors (Lipinski definition) is 0. The summed E-state index contributed by atoms with van der Waals surface area (Å²) in [6.45, 7) is 7.07. The van der Waals surface area contributed by atoms with Crippen molar-refractivity contribution in [2.24, 2.45) is 0 Å². The highest BCUT2D eigenvalue weighted by molar-refractivity contribution is 7.13. The van der Waals surface area contributed by atoms with Crippen LogP contribution in [0, 0.1) is 6.92 Å². The molecule has 0 bridgehead atoms. The number of rotatable bonds is 3. The molecular formula is C15H19N3O2S. The second kappa shape index (κ2) is 5.89. The molecule has 5 nitrogen and oxygen atoms in total. The molecule has 0 saturated carbocycles. The normalized spacial score (nSPS) is 15.5. The van der Waals surface area contributed by atoms with Crippen LogP contribution in [0.3, 0.4) is 0 Å². The molecular weight excluding hydrogens is 286 g/mol. The van der Waals surface area contributed by atoms with Crippen LogP contribution in [0.15, 0.2) is 21.9 Å². The average Bonchev–Trinajstić information content (AvgIpc) is 3.15. The minimum absolute atomic E-state index is 0.00957. The van der Waals surface area contributed by atoms with E-state index in [2.05, 4.69) is 15.3 Å². The number of thiazole rings is 1. The van der Waals surface area contributed by atoms with Gasteiger partial charge in [-0.1, -0.05) is 6.92 Å². The van der Waals surface area contributed by atoms with Crippen molar-refractivity contribution in [2.45, 2.75) is 20.3 Å². The Balaban J connectivity index is 1.61. The molecule has 2 aromatic heterocycles. The third-order valence-corrected chi connectivity index (χ3v) is 4.68. The number of carbonyl (C=O) groups is 1. The van der Waals surface area contributed by atoms with E-state index < -0.39 is 0 Å². The predicted octanol–water partition coefficient (Wildman–Crippen LogP) is 2.57. The topological polar surface area (TPSA) is 49.6 Å². The lowest BCUT2D eigenvalue weighted by molar-refractivity contribution is 0.0713. The Morgan fingerprint density at radius 1 is 1.33 bits per heavy atom. The van der Waals surface area contributed by atoms with E-state index in [-0.39, 0.29) is 5.91 Å². The largest absolute Gasteiger partial charge is 0.456 e. The summed E-state index contributed by atoms with van der Waals surface area (Å²) in [5, 5.41) is 3.10. The number of hydrogen-bond acceptors (Lipinski definition) is 5. The smallest absolute Gasteiger partial charge is 0.289 e. The van der Waals surface area contributed by atoms with Gasteiger partial charge in [0.15, 0.2) is 10.9 Å². The van der Waals surface area contributed by atoms with E-state index in [0.717, 1.165) is 36.1 Å². The Morgan fingerprint density at radius 3 is 2.67 bits per heavy atom. The van der Waals surface area contributed by atoms with E-state index in [1.807, 2.05) is 24.8 Å². The van der Waals surface area contributed by atoms with Crippen molar-refractivity contribution in [1.82, 2.24) is 9.88 Å². The van der Waals surface area contributed by atoms with Crippen molar-refractivity contribution in [3.8, 4) is 0 Å². The Hall–Kier alpha value is -1.82. The maximum absolute atomic E-state index is 12.4. The quantitative estimate of drug-likeness (QED) is 0.874. The van der Waals surface area contributed by atoms with Crippen LogP contribution in [0.1, 0.15) is 28.9 Å². The molecule has 6 heteroatoms. The van der Waals surface area contributed by atoms with Gasteiger partial charge in [0.25, 0.3) is 5.91 Å². The molecule has 2 aromatic rings. The van der Waals surface area contributed by atoms with Gasteiger partial charge in [0, 0.05) is 38.0 Å². The van der Waals surface area contributed by atoms with Crippen molar-refractivity contribution in [3.63, 3.8) is 0 Å². The van der Waals surface area contributed by atoms with Gasteiger partial charge in [0.1, 0.15) is 5.76 Å². The number of nitrogens with zero attached hydrogens (tertiary/aromatic N) is 3. The fourth-order valence-electron chi connectivity index (χ4n) is 2.43. The Morgan fingerprint density at radius 2 is 2.10 bits per heavy atom. The van der Waals surface area contributed by atoms with Gasteiger partial charge >= 0.3 is 0 Å². The first-order chi connectivity index (χ1) is 10.2.